The molecular formula is C17H15FN2O. The number of rotatable bonds is 3. The maximum Gasteiger partial charge on any atom is 0.171 e. The first-order chi connectivity index (χ1) is 10.1. The van der Waals surface area contributed by atoms with Crippen molar-refractivity contribution in [2.45, 2.75) is 13.3 Å². The molecule has 0 amide bonds. The molecule has 1 aromatic heterocycles. The van der Waals surface area contributed by atoms with Crippen LogP contribution in [0.15, 0.2) is 42.5 Å². The molecule has 0 aliphatic carbocycles. The zero-order chi connectivity index (χ0) is 15.0. The number of aryl methyl sites for hydroxylation is 2. The lowest BCUT2D eigenvalue weighted by Gasteiger charge is -2.02. The van der Waals surface area contributed by atoms with E-state index < -0.39 is 5.82 Å². The predicted molar refractivity (Wildman–Crippen MR) is 79.9 cm³/mol. The molecule has 4 heteroatoms. The van der Waals surface area contributed by atoms with Crippen LogP contribution < -0.4 is 0 Å². The van der Waals surface area contributed by atoms with E-state index in [1.807, 2.05) is 31.3 Å². The summed E-state index contributed by atoms with van der Waals surface area (Å²) in [4.78, 5) is 12.3. The summed E-state index contributed by atoms with van der Waals surface area (Å²) >= 11 is 0. The molecule has 0 bridgehead atoms. The van der Waals surface area contributed by atoms with Gasteiger partial charge in [-0.05, 0) is 30.7 Å². The third-order valence-electron chi connectivity index (χ3n) is 3.59. The van der Waals surface area contributed by atoms with E-state index in [1.165, 1.54) is 12.1 Å². The fourth-order valence-electron chi connectivity index (χ4n) is 2.51. The lowest BCUT2D eigenvalue weighted by atomic mass is 10.0. The summed E-state index contributed by atoms with van der Waals surface area (Å²) in [6, 6.07) is 12.4. The molecule has 0 unspecified atom stereocenters. The zero-order valence-corrected chi connectivity index (χ0v) is 11.9. The summed E-state index contributed by atoms with van der Waals surface area (Å²) < 4.78 is 15.6. The Hall–Kier alpha value is -2.49. The molecule has 0 aliphatic rings. The quantitative estimate of drug-likeness (QED) is 0.690. The van der Waals surface area contributed by atoms with Crippen LogP contribution in [-0.2, 0) is 13.5 Å². The topological polar surface area (TPSA) is 34.9 Å². The molecule has 0 saturated carbocycles. The number of Topliss-reactive ketones (excluding diaryl/α,β-unsaturated/α-hetero) is 1. The minimum atomic E-state index is -0.472. The predicted octanol–water partition coefficient (Wildman–Crippen LogP) is 3.45. The van der Waals surface area contributed by atoms with Gasteiger partial charge in [-0.15, -0.1) is 0 Å². The van der Waals surface area contributed by atoms with Crippen molar-refractivity contribution in [3.8, 4) is 0 Å². The normalized spacial score (nSPS) is 11.0. The number of hydrogen-bond donors (Lipinski definition) is 0. The fourth-order valence-corrected chi connectivity index (χ4v) is 2.51. The van der Waals surface area contributed by atoms with Crippen molar-refractivity contribution in [1.29, 1.82) is 0 Å². The number of carbonyl (C=O) groups excluding carboxylic acids is 1. The summed E-state index contributed by atoms with van der Waals surface area (Å²) in [6.07, 6.45) is 0.0985. The molecule has 0 N–H and O–H groups in total. The molecule has 2 aromatic carbocycles. The molecule has 0 atom stereocenters. The van der Waals surface area contributed by atoms with Crippen molar-refractivity contribution in [2.24, 2.45) is 7.05 Å². The zero-order valence-electron chi connectivity index (χ0n) is 11.9. The van der Waals surface area contributed by atoms with Crippen molar-refractivity contribution >= 4 is 16.7 Å². The first-order valence-electron chi connectivity index (χ1n) is 6.76. The Kier molecular flexibility index (Phi) is 3.29. The molecule has 0 saturated heterocycles. The number of nitrogens with zero attached hydrogens (tertiary/aromatic N) is 2. The molecule has 3 aromatic rings. The van der Waals surface area contributed by atoms with Crippen LogP contribution in [-0.4, -0.2) is 15.6 Å². The highest BCUT2D eigenvalue weighted by Crippen LogP contribution is 2.20. The molecule has 0 fully saturated rings. The maximum atomic E-state index is 13.9. The van der Waals surface area contributed by atoms with E-state index in [1.54, 1.807) is 17.7 Å². The monoisotopic (exact) mass is 282 g/mol. The first kappa shape index (κ1) is 13.5. The van der Waals surface area contributed by atoms with Gasteiger partial charge in [-0.1, -0.05) is 24.3 Å². The van der Waals surface area contributed by atoms with Gasteiger partial charge in [0.15, 0.2) is 5.78 Å². The maximum absolute atomic E-state index is 13.9. The molecule has 1 heterocycles. The van der Waals surface area contributed by atoms with Gasteiger partial charge in [0, 0.05) is 12.4 Å². The van der Waals surface area contributed by atoms with Gasteiger partial charge in [0.25, 0.3) is 0 Å². The first-order valence-corrected chi connectivity index (χ1v) is 6.76. The van der Waals surface area contributed by atoms with E-state index >= 15 is 0 Å². The molecule has 3 nitrogen and oxygen atoms in total. The van der Waals surface area contributed by atoms with E-state index in [0.717, 1.165) is 16.5 Å². The Labute approximate surface area is 122 Å². The third-order valence-corrected chi connectivity index (χ3v) is 3.59. The Bertz CT molecular complexity index is 836. The van der Waals surface area contributed by atoms with E-state index in [0.29, 0.717) is 5.69 Å². The van der Waals surface area contributed by atoms with E-state index in [4.69, 9.17) is 0 Å². The Morgan fingerprint density at radius 2 is 2.00 bits per heavy atom. The van der Waals surface area contributed by atoms with Gasteiger partial charge in [-0.25, -0.2) is 4.39 Å². The molecule has 3 rings (SSSR count). The summed E-state index contributed by atoms with van der Waals surface area (Å²) in [7, 11) is 1.84. The summed E-state index contributed by atoms with van der Waals surface area (Å²) in [5.41, 5.74) is 2.56. The molecular weight excluding hydrogens is 267 g/mol. The van der Waals surface area contributed by atoms with Crippen molar-refractivity contribution in [3.63, 3.8) is 0 Å². The molecule has 21 heavy (non-hydrogen) atoms. The van der Waals surface area contributed by atoms with Gasteiger partial charge in [0.1, 0.15) is 5.82 Å². The van der Waals surface area contributed by atoms with Crippen molar-refractivity contribution in [3.05, 3.63) is 65.1 Å². The number of aromatic nitrogens is 2. The van der Waals surface area contributed by atoms with Crippen LogP contribution in [0.3, 0.4) is 0 Å². The molecule has 0 aliphatic heterocycles. The fraction of sp³-hybridized carbons (Fsp3) is 0.176. The van der Waals surface area contributed by atoms with Gasteiger partial charge >= 0.3 is 0 Å². The second kappa shape index (κ2) is 5.13. The number of halogens is 1. The molecule has 106 valence electrons. The van der Waals surface area contributed by atoms with Crippen molar-refractivity contribution in [1.82, 2.24) is 9.78 Å². The average Bonchev–Trinajstić information content (AvgIpc) is 2.76. The highest BCUT2D eigenvalue weighted by molar-refractivity contribution is 5.99. The second-order valence-electron chi connectivity index (χ2n) is 5.17. The summed E-state index contributed by atoms with van der Waals surface area (Å²) in [5, 5.41) is 5.31. The Morgan fingerprint density at radius 3 is 2.76 bits per heavy atom. The van der Waals surface area contributed by atoms with E-state index in [9.17, 15) is 9.18 Å². The van der Waals surface area contributed by atoms with Crippen molar-refractivity contribution in [2.75, 3.05) is 0 Å². The van der Waals surface area contributed by atoms with Gasteiger partial charge < -0.3 is 0 Å². The molecule has 0 spiro atoms. The van der Waals surface area contributed by atoms with Gasteiger partial charge in [0.05, 0.1) is 23.2 Å². The number of fused-ring (bicyclic) bond motifs is 1. The smallest absolute Gasteiger partial charge is 0.171 e. The SMILES string of the molecule is Cc1ccc(C(=O)Cc2nn(C)c3ccccc23)c(F)c1. The van der Waals surface area contributed by atoms with Crippen LogP contribution in [0.1, 0.15) is 21.6 Å². The van der Waals surface area contributed by atoms with E-state index in [2.05, 4.69) is 5.10 Å². The van der Waals surface area contributed by atoms with Gasteiger partial charge in [-0.2, -0.15) is 5.10 Å². The number of para-hydroxylation sites is 1. The van der Waals surface area contributed by atoms with E-state index in [-0.39, 0.29) is 17.8 Å². The minimum absolute atomic E-state index is 0.0985. The Morgan fingerprint density at radius 1 is 1.24 bits per heavy atom. The number of ketones is 1. The second-order valence-corrected chi connectivity index (χ2v) is 5.17. The van der Waals surface area contributed by atoms with Crippen LogP contribution in [0.5, 0.6) is 0 Å². The number of hydrogen-bond acceptors (Lipinski definition) is 2. The average molecular weight is 282 g/mol. The van der Waals surface area contributed by atoms with Gasteiger partial charge in [-0.3, -0.25) is 9.48 Å². The highest BCUT2D eigenvalue weighted by atomic mass is 19.1. The minimum Gasteiger partial charge on any atom is -0.294 e. The van der Waals surface area contributed by atoms with Crippen molar-refractivity contribution < 1.29 is 9.18 Å². The summed E-state index contributed by atoms with van der Waals surface area (Å²) in [6.45, 7) is 1.80. The summed E-state index contributed by atoms with van der Waals surface area (Å²) in [5.74, 6) is -0.725. The standard InChI is InChI=1S/C17H15FN2O/c1-11-7-8-12(14(18)9-11)17(21)10-15-13-5-3-4-6-16(13)20(2)19-15/h3-9H,10H2,1-2H3. The third kappa shape index (κ3) is 2.44. The number of benzene rings is 2. The largest absolute Gasteiger partial charge is 0.294 e. The van der Waals surface area contributed by atoms with Crippen LogP contribution in [0.2, 0.25) is 0 Å². The lowest BCUT2D eigenvalue weighted by Crippen LogP contribution is -2.07. The number of carbonyl (C=O) groups is 1. The highest BCUT2D eigenvalue weighted by Gasteiger charge is 2.16. The van der Waals surface area contributed by atoms with Crippen LogP contribution in [0, 0.1) is 12.7 Å². The van der Waals surface area contributed by atoms with Gasteiger partial charge in [0.2, 0.25) is 0 Å². The Balaban J connectivity index is 1.97. The van der Waals surface area contributed by atoms with Crippen LogP contribution >= 0.6 is 0 Å². The lowest BCUT2D eigenvalue weighted by molar-refractivity contribution is 0.0988. The van der Waals surface area contributed by atoms with Crippen LogP contribution in [0.25, 0.3) is 10.9 Å². The van der Waals surface area contributed by atoms with Crippen LogP contribution in [0.4, 0.5) is 4.39 Å². The molecule has 0 radical (unpaired) electrons.